The topological polar surface area (TPSA) is 66.4 Å². The molecule has 7 heteroatoms. The molecule has 1 aliphatic heterocycles. The van der Waals surface area contributed by atoms with Crippen molar-refractivity contribution in [3.63, 3.8) is 0 Å². The molecule has 3 heterocycles. The molecular weight excluding hydrogens is 420 g/mol. The fourth-order valence-corrected chi connectivity index (χ4v) is 4.98. The number of aromatic nitrogens is 2. The smallest absolute Gasteiger partial charge is 0.272 e. The number of piperidine rings is 1. The van der Waals surface area contributed by atoms with Gasteiger partial charge >= 0.3 is 0 Å². The van der Waals surface area contributed by atoms with Gasteiger partial charge in [-0.15, -0.1) is 11.3 Å². The zero-order valence-corrected chi connectivity index (χ0v) is 19.1. The minimum atomic E-state index is -0.0615. The lowest BCUT2D eigenvalue weighted by molar-refractivity contribution is -0.132. The Hall–Kier alpha value is -3.06. The first-order chi connectivity index (χ1) is 15.6. The number of carbonyl (C=O) groups is 2. The van der Waals surface area contributed by atoms with E-state index in [9.17, 15) is 9.59 Å². The van der Waals surface area contributed by atoms with E-state index in [0.29, 0.717) is 31.1 Å². The highest BCUT2D eigenvalue weighted by Crippen LogP contribution is 2.27. The van der Waals surface area contributed by atoms with E-state index in [-0.39, 0.29) is 17.9 Å². The molecule has 2 amide bonds. The molecule has 1 atom stereocenters. The van der Waals surface area contributed by atoms with E-state index in [4.69, 9.17) is 0 Å². The van der Waals surface area contributed by atoms with E-state index >= 15 is 0 Å². The van der Waals surface area contributed by atoms with Crippen LogP contribution in [0.15, 0.2) is 65.6 Å². The second-order valence-corrected chi connectivity index (χ2v) is 8.98. The maximum Gasteiger partial charge on any atom is 0.272 e. The van der Waals surface area contributed by atoms with Crippen molar-refractivity contribution in [1.29, 1.82) is 0 Å². The summed E-state index contributed by atoms with van der Waals surface area (Å²) in [5.41, 5.74) is 4.27. The third-order valence-corrected chi connectivity index (χ3v) is 6.88. The van der Waals surface area contributed by atoms with E-state index in [0.717, 1.165) is 25.0 Å². The van der Waals surface area contributed by atoms with E-state index in [1.165, 1.54) is 16.9 Å². The van der Waals surface area contributed by atoms with Gasteiger partial charge in [0.15, 0.2) is 0 Å². The second-order valence-electron chi connectivity index (χ2n) is 8.26. The molecular formula is C25H28N4O2S. The number of amides is 2. The Morgan fingerprint density at radius 1 is 1.09 bits per heavy atom. The Balaban J connectivity index is 1.45. The van der Waals surface area contributed by atoms with Gasteiger partial charge in [-0.05, 0) is 42.9 Å². The van der Waals surface area contributed by atoms with E-state index in [1.807, 2.05) is 52.6 Å². The predicted octanol–water partition coefficient (Wildman–Crippen LogP) is 3.70. The normalized spacial score (nSPS) is 15.3. The summed E-state index contributed by atoms with van der Waals surface area (Å²) in [4.78, 5) is 38.1. The Morgan fingerprint density at radius 2 is 1.84 bits per heavy atom. The minimum Gasteiger partial charge on any atom is -0.342 e. The first-order valence-electron chi connectivity index (χ1n) is 11.0. The molecule has 1 aromatic carbocycles. The molecule has 0 spiro atoms. The minimum absolute atomic E-state index is 0.0442. The number of benzene rings is 1. The van der Waals surface area contributed by atoms with Gasteiger partial charge in [0.2, 0.25) is 5.91 Å². The molecule has 0 saturated carbocycles. The zero-order chi connectivity index (χ0) is 22.3. The standard InChI is InChI=1S/C25H28N4O2S/c1-28(25(31)22-9-5-6-12-26-22)23(15-19-7-3-2-4-8-19)20-10-13-29(14-11-20)24(30)16-21-17-32-18-27-21/h2-9,12,17-18,20,23H,10-11,13-16H2,1H3. The molecule has 1 unspecified atom stereocenters. The third kappa shape index (κ3) is 5.40. The third-order valence-electron chi connectivity index (χ3n) is 6.24. The molecule has 166 valence electrons. The summed E-state index contributed by atoms with van der Waals surface area (Å²) in [6, 6.07) is 15.8. The Labute approximate surface area is 192 Å². The average molecular weight is 449 g/mol. The van der Waals surface area contributed by atoms with Crippen LogP contribution in [-0.2, 0) is 17.6 Å². The van der Waals surface area contributed by atoms with Gasteiger partial charge in [0.1, 0.15) is 5.69 Å². The molecule has 32 heavy (non-hydrogen) atoms. The zero-order valence-electron chi connectivity index (χ0n) is 18.3. The number of pyridine rings is 1. The van der Waals surface area contributed by atoms with Gasteiger partial charge in [-0.2, -0.15) is 0 Å². The van der Waals surface area contributed by atoms with Crippen LogP contribution < -0.4 is 0 Å². The molecule has 1 saturated heterocycles. The highest BCUT2D eigenvalue weighted by Gasteiger charge is 2.33. The fourth-order valence-electron chi connectivity index (χ4n) is 4.42. The molecule has 1 aliphatic rings. The largest absolute Gasteiger partial charge is 0.342 e. The lowest BCUT2D eigenvalue weighted by Crippen LogP contribution is -2.48. The molecule has 6 nitrogen and oxygen atoms in total. The highest BCUT2D eigenvalue weighted by atomic mass is 32.1. The summed E-state index contributed by atoms with van der Waals surface area (Å²) in [6.07, 6.45) is 4.55. The first kappa shape index (κ1) is 22.1. The SMILES string of the molecule is CN(C(=O)c1ccccn1)C(Cc1ccccc1)C1CCN(C(=O)Cc2cscn2)CC1. The molecule has 3 aromatic rings. The van der Waals surface area contributed by atoms with Crippen LogP contribution in [-0.4, -0.2) is 57.8 Å². The second kappa shape index (κ2) is 10.5. The number of rotatable bonds is 7. The summed E-state index contributed by atoms with van der Waals surface area (Å²) in [6.45, 7) is 1.43. The van der Waals surface area contributed by atoms with Crippen LogP contribution in [0.25, 0.3) is 0 Å². The molecule has 2 aromatic heterocycles. The number of likely N-dealkylation sites (N-methyl/N-ethyl adjacent to an activating group) is 1. The monoisotopic (exact) mass is 448 g/mol. The molecule has 0 N–H and O–H groups in total. The van der Waals surface area contributed by atoms with Crippen molar-refractivity contribution < 1.29 is 9.59 Å². The van der Waals surface area contributed by atoms with E-state index < -0.39 is 0 Å². The van der Waals surface area contributed by atoms with Gasteiger partial charge in [0.25, 0.3) is 5.91 Å². The summed E-state index contributed by atoms with van der Waals surface area (Å²) < 4.78 is 0. The predicted molar refractivity (Wildman–Crippen MR) is 125 cm³/mol. The number of likely N-dealkylation sites (tertiary alicyclic amines) is 1. The maximum absolute atomic E-state index is 13.2. The van der Waals surface area contributed by atoms with Crippen molar-refractivity contribution >= 4 is 23.2 Å². The van der Waals surface area contributed by atoms with Crippen LogP contribution in [0, 0.1) is 5.92 Å². The van der Waals surface area contributed by atoms with Crippen molar-refractivity contribution in [3.8, 4) is 0 Å². The fraction of sp³-hybridized carbons (Fsp3) is 0.360. The quantitative estimate of drug-likeness (QED) is 0.553. The molecule has 0 bridgehead atoms. The highest BCUT2D eigenvalue weighted by molar-refractivity contribution is 7.07. The van der Waals surface area contributed by atoms with Gasteiger partial charge in [-0.25, -0.2) is 4.98 Å². The first-order valence-corrected chi connectivity index (χ1v) is 11.9. The van der Waals surface area contributed by atoms with Crippen molar-refractivity contribution in [2.24, 2.45) is 5.92 Å². The Morgan fingerprint density at radius 3 is 2.50 bits per heavy atom. The Kier molecular flexibility index (Phi) is 7.27. The molecule has 4 rings (SSSR count). The number of carbonyl (C=O) groups excluding carboxylic acids is 2. The number of hydrogen-bond donors (Lipinski definition) is 0. The molecule has 1 fully saturated rings. The maximum atomic E-state index is 13.2. The van der Waals surface area contributed by atoms with Gasteiger partial charge in [-0.1, -0.05) is 36.4 Å². The van der Waals surface area contributed by atoms with Crippen molar-refractivity contribution in [2.75, 3.05) is 20.1 Å². The Bertz CT molecular complexity index is 1000. The van der Waals surface area contributed by atoms with Crippen molar-refractivity contribution in [3.05, 3.63) is 82.6 Å². The van der Waals surface area contributed by atoms with Crippen LogP contribution in [0.2, 0.25) is 0 Å². The number of thiazole rings is 1. The van der Waals surface area contributed by atoms with Crippen LogP contribution in [0.5, 0.6) is 0 Å². The van der Waals surface area contributed by atoms with Gasteiger partial charge in [-0.3, -0.25) is 14.6 Å². The number of nitrogens with zero attached hydrogens (tertiary/aromatic N) is 4. The summed E-state index contributed by atoms with van der Waals surface area (Å²) in [5.74, 6) is 0.386. The van der Waals surface area contributed by atoms with Crippen LogP contribution in [0.1, 0.15) is 34.6 Å². The lowest BCUT2D eigenvalue weighted by atomic mass is 9.84. The van der Waals surface area contributed by atoms with Crippen LogP contribution in [0.4, 0.5) is 0 Å². The average Bonchev–Trinajstić information content (AvgIpc) is 3.36. The van der Waals surface area contributed by atoms with Crippen molar-refractivity contribution in [1.82, 2.24) is 19.8 Å². The van der Waals surface area contributed by atoms with Gasteiger partial charge < -0.3 is 9.80 Å². The van der Waals surface area contributed by atoms with Gasteiger partial charge in [0.05, 0.1) is 17.6 Å². The van der Waals surface area contributed by atoms with Crippen LogP contribution >= 0.6 is 11.3 Å². The van der Waals surface area contributed by atoms with Gasteiger partial charge in [0, 0.05) is 37.8 Å². The summed E-state index contributed by atoms with van der Waals surface area (Å²) in [7, 11) is 1.88. The van der Waals surface area contributed by atoms with Crippen LogP contribution in [0.3, 0.4) is 0 Å². The van der Waals surface area contributed by atoms with E-state index in [2.05, 4.69) is 22.1 Å². The molecule has 0 radical (unpaired) electrons. The van der Waals surface area contributed by atoms with Crippen molar-refractivity contribution in [2.45, 2.75) is 31.7 Å². The van der Waals surface area contributed by atoms with E-state index in [1.54, 1.807) is 17.8 Å². The summed E-state index contributed by atoms with van der Waals surface area (Å²) in [5, 5.41) is 1.93. The summed E-state index contributed by atoms with van der Waals surface area (Å²) >= 11 is 1.51. The molecule has 0 aliphatic carbocycles. The lowest BCUT2D eigenvalue weighted by Gasteiger charge is -2.40. The number of hydrogen-bond acceptors (Lipinski definition) is 5.